The molecule has 16 heavy (non-hydrogen) atoms. The summed E-state index contributed by atoms with van der Waals surface area (Å²) in [5.41, 5.74) is 0.657. The molecule has 1 aromatic rings. The van der Waals surface area contributed by atoms with Gasteiger partial charge in [-0.25, -0.2) is 4.98 Å². The predicted octanol–water partition coefficient (Wildman–Crippen LogP) is 1.66. The summed E-state index contributed by atoms with van der Waals surface area (Å²) in [7, 11) is -1.37. The molecule has 0 saturated carbocycles. The minimum Gasteiger partial charge on any atom is -0.355 e. The normalized spacial score (nSPS) is 17.4. The number of aromatic nitrogens is 1. The van der Waals surface area contributed by atoms with Gasteiger partial charge in [0.25, 0.3) is 0 Å². The van der Waals surface area contributed by atoms with Crippen molar-refractivity contribution in [3.8, 4) is 0 Å². The van der Waals surface area contributed by atoms with Gasteiger partial charge in [-0.2, -0.15) is 0 Å². The summed E-state index contributed by atoms with van der Waals surface area (Å²) in [5.74, 6) is 0.769. The molecule has 0 atom stereocenters. The number of nitrogens with zero attached hydrogens (tertiary/aromatic N) is 2. The van der Waals surface area contributed by atoms with Crippen LogP contribution in [0.3, 0.4) is 0 Å². The number of Topliss-reactive ketones (excluding diaryl/α,β-unsaturated/α-hetero) is 1. The largest absolute Gasteiger partial charge is 0.355 e. The number of carbonyl (C=O) groups is 1. The zero-order valence-electron chi connectivity index (χ0n) is 9.27. The Balaban J connectivity index is 2.26. The van der Waals surface area contributed by atoms with Crippen LogP contribution in [0.4, 0.5) is 5.82 Å². The second kappa shape index (κ2) is 4.79. The first-order valence-corrected chi connectivity index (χ1v) is 7.23. The average Bonchev–Trinajstić information content (AvgIpc) is 2.30. The molecule has 0 N–H and O–H groups in total. The summed E-state index contributed by atoms with van der Waals surface area (Å²) < 4.78 is 11.3. The third-order valence-electron chi connectivity index (χ3n) is 2.79. The van der Waals surface area contributed by atoms with Crippen LogP contribution in [0, 0.1) is 0 Å². The predicted molar refractivity (Wildman–Crippen MR) is 65.2 cm³/mol. The first-order chi connectivity index (χ1) is 7.68. The van der Waals surface area contributed by atoms with E-state index in [1.54, 1.807) is 25.3 Å². The second-order valence-electron chi connectivity index (χ2n) is 3.96. The number of ketones is 1. The minimum atomic E-state index is -1.37. The highest BCUT2D eigenvalue weighted by Gasteiger charge is 2.19. The monoisotopic (exact) mass is 238 g/mol. The molecule has 2 rings (SSSR count). The van der Waals surface area contributed by atoms with Gasteiger partial charge < -0.3 is 9.46 Å². The molecule has 1 aliphatic rings. The molecule has 1 saturated heterocycles. The summed E-state index contributed by atoms with van der Waals surface area (Å²) >= 11 is 0. The third kappa shape index (κ3) is 2.33. The van der Waals surface area contributed by atoms with Crippen LogP contribution >= 0.6 is 7.80 Å². The summed E-state index contributed by atoms with van der Waals surface area (Å²) in [5, 5.41) is 0. The topological polar surface area (TPSA) is 50.3 Å². The third-order valence-corrected chi connectivity index (χ3v) is 4.35. The SMILES string of the molecule is CC(=O)c1cccnc1N1CC[PH](=O)CC1. The molecule has 86 valence electrons. The molecule has 1 aliphatic heterocycles. The van der Waals surface area contributed by atoms with Crippen molar-refractivity contribution in [1.29, 1.82) is 0 Å². The van der Waals surface area contributed by atoms with Gasteiger partial charge in [0.05, 0.1) is 13.4 Å². The van der Waals surface area contributed by atoms with Gasteiger partial charge in [0.2, 0.25) is 0 Å². The number of carbonyl (C=O) groups excluding carboxylic acids is 1. The highest BCUT2D eigenvalue weighted by molar-refractivity contribution is 7.44. The highest BCUT2D eigenvalue weighted by atomic mass is 31.1. The molecule has 0 amide bonds. The maximum atomic E-state index is 11.5. The van der Waals surface area contributed by atoms with Crippen molar-refractivity contribution < 1.29 is 9.36 Å². The van der Waals surface area contributed by atoms with Crippen LogP contribution in [-0.2, 0) is 4.57 Å². The van der Waals surface area contributed by atoms with Gasteiger partial charge in [-0.05, 0) is 19.1 Å². The van der Waals surface area contributed by atoms with Crippen molar-refractivity contribution in [2.75, 3.05) is 30.3 Å². The van der Waals surface area contributed by atoms with Crippen molar-refractivity contribution in [3.63, 3.8) is 0 Å². The van der Waals surface area contributed by atoms with E-state index in [9.17, 15) is 9.36 Å². The van der Waals surface area contributed by atoms with Crippen LogP contribution in [-0.4, -0.2) is 36.2 Å². The smallest absolute Gasteiger partial charge is 0.163 e. The highest BCUT2D eigenvalue weighted by Crippen LogP contribution is 2.28. The summed E-state index contributed by atoms with van der Waals surface area (Å²) in [6.07, 6.45) is 3.16. The van der Waals surface area contributed by atoms with Crippen LogP contribution in [0.15, 0.2) is 18.3 Å². The lowest BCUT2D eigenvalue weighted by Gasteiger charge is -2.28. The summed E-state index contributed by atoms with van der Waals surface area (Å²) in [6, 6.07) is 3.56. The lowest BCUT2D eigenvalue weighted by atomic mass is 10.2. The number of hydrogen-bond acceptors (Lipinski definition) is 4. The quantitative estimate of drug-likeness (QED) is 0.581. The van der Waals surface area contributed by atoms with Crippen molar-refractivity contribution in [2.24, 2.45) is 0 Å². The van der Waals surface area contributed by atoms with Gasteiger partial charge in [-0.3, -0.25) is 4.79 Å². The molecular formula is C11H15N2O2P. The molecule has 5 heteroatoms. The number of pyridine rings is 1. The molecule has 0 spiro atoms. The van der Waals surface area contributed by atoms with Crippen LogP contribution in [0.25, 0.3) is 0 Å². The van der Waals surface area contributed by atoms with Gasteiger partial charge in [0.15, 0.2) is 5.78 Å². The second-order valence-corrected chi connectivity index (χ2v) is 6.03. The first kappa shape index (κ1) is 11.3. The molecule has 1 fully saturated rings. The summed E-state index contributed by atoms with van der Waals surface area (Å²) in [4.78, 5) is 17.8. The maximum absolute atomic E-state index is 11.5. The number of rotatable bonds is 2. The summed E-state index contributed by atoms with van der Waals surface area (Å²) in [6.45, 7) is 3.04. The first-order valence-electron chi connectivity index (χ1n) is 5.41. The molecule has 0 aromatic carbocycles. The molecule has 4 nitrogen and oxygen atoms in total. The van der Waals surface area contributed by atoms with E-state index >= 15 is 0 Å². The van der Waals surface area contributed by atoms with Crippen molar-refractivity contribution in [2.45, 2.75) is 6.92 Å². The molecular weight excluding hydrogens is 223 g/mol. The Morgan fingerprint density at radius 2 is 2.12 bits per heavy atom. The van der Waals surface area contributed by atoms with Crippen LogP contribution in [0.2, 0.25) is 0 Å². The number of anilines is 1. The Labute approximate surface area is 95.5 Å². The van der Waals surface area contributed by atoms with E-state index in [0.29, 0.717) is 5.56 Å². The lowest BCUT2D eigenvalue weighted by molar-refractivity contribution is 0.101. The van der Waals surface area contributed by atoms with E-state index in [1.165, 1.54) is 0 Å². The van der Waals surface area contributed by atoms with E-state index in [-0.39, 0.29) is 5.78 Å². The fraction of sp³-hybridized carbons (Fsp3) is 0.455. The Bertz CT molecular complexity index is 424. The van der Waals surface area contributed by atoms with Crippen molar-refractivity contribution in [1.82, 2.24) is 4.98 Å². The van der Waals surface area contributed by atoms with E-state index in [0.717, 1.165) is 31.2 Å². The molecule has 0 aliphatic carbocycles. The zero-order chi connectivity index (χ0) is 11.5. The Morgan fingerprint density at radius 3 is 2.75 bits per heavy atom. The molecule has 2 heterocycles. The Hall–Kier alpha value is -1.15. The average molecular weight is 238 g/mol. The molecule has 0 bridgehead atoms. The molecule has 0 radical (unpaired) electrons. The van der Waals surface area contributed by atoms with Gasteiger partial charge in [0, 0.05) is 31.6 Å². The van der Waals surface area contributed by atoms with Gasteiger partial charge >= 0.3 is 0 Å². The lowest BCUT2D eigenvalue weighted by Crippen LogP contribution is -2.34. The number of hydrogen-bond donors (Lipinski definition) is 0. The van der Waals surface area contributed by atoms with Crippen LogP contribution in [0.1, 0.15) is 17.3 Å². The molecule has 1 aromatic heterocycles. The standard InChI is InChI=1S/C11H15N2O2P/c1-9(14)10-3-2-4-12-11(10)13-5-7-16(15)8-6-13/h2-4,16H,5-8H2,1H3. The van der Waals surface area contributed by atoms with Gasteiger partial charge in [0.1, 0.15) is 5.82 Å². The van der Waals surface area contributed by atoms with E-state index in [2.05, 4.69) is 9.88 Å². The Kier molecular flexibility index (Phi) is 3.39. The van der Waals surface area contributed by atoms with E-state index in [4.69, 9.17) is 0 Å². The fourth-order valence-corrected chi connectivity index (χ4v) is 3.18. The van der Waals surface area contributed by atoms with Gasteiger partial charge in [-0.1, -0.05) is 0 Å². The zero-order valence-corrected chi connectivity index (χ0v) is 10.3. The minimum absolute atomic E-state index is 0.0290. The maximum Gasteiger partial charge on any atom is 0.163 e. The van der Waals surface area contributed by atoms with Crippen LogP contribution in [0.5, 0.6) is 0 Å². The van der Waals surface area contributed by atoms with E-state index in [1.807, 2.05) is 0 Å². The molecule has 0 unspecified atom stereocenters. The fourth-order valence-electron chi connectivity index (χ4n) is 1.89. The van der Waals surface area contributed by atoms with Crippen molar-refractivity contribution >= 4 is 19.4 Å². The van der Waals surface area contributed by atoms with Crippen molar-refractivity contribution in [3.05, 3.63) is 23.9 Å². The van der Waals surface area contributed by atoms with E-state index < -0.39 is 7.80 Å². The van der Waals surface area contributed by atoms with Gasteiger partial charge in [-0.15, -0.1) is 0 Å². The van der Waals surface area contributed by atoms with Crippen LogP contribution < -0.4 is 4.90 Å². The Morgan fingerprint density at radius 1 is 1.44 bits per heavy atom.